The maximum atomic E-state index is 13.9. The first-order chi connectivity index (χ1) is 32.4. The molecule has 0 spiro atoms. The summed E-state index contributed by atoms with van der Waals surface area (Å²) in [5.74, 6) is -13.0. The van der Waals surface area contributed by atoms with E-state index in [1.807, 2.05) is 0 Å². The van der Waals surface area contributed by atoms with Gasteiger partial charge in [0.25, 0.3) is 0 Å². The van der Waals surface area contributed by atoms with E-state index in [1.165, 1.54) is 53.6 Å². The molecule has 2 N–H and O–H groups in total. The molecule has 9 rings (SSSR count). The van der Waals surface area contributed by atoms with Crippen molar-refractivity contribution in [3.05, 3.63) is 152 Å². The van der Waals surface area contributed by atoms with Gasteiger partial charge in [-0.2, -0.15) is 17.2 Å². The lowest BCUT2D eigenvalue weighted by molar-refractivity contribution is 0.346. The summed E-state index contributed by atoms with van der Waals surface area (Å²) in [7, 11) is -5.50. The molecule has 0 aliphatic rings. The Morgan fingerprint density at radius 3 is 1.54 bits per heavy atom. The summed E-state index contributed by atoms with van der Waals surface area (Å²) in [5, 5.41) is 18.7. The second-order valence-electron chi connectivity index (χ2n) is 13.6. The van der Waals surface area contributed by atoms with Crippen LogP contribution in [-0.2, 0) is 25.7 Å². The Balaban J connectivity index is 0.000000181. The maximum absolute atomic E-state index is 13.9. The third-order valence-electron chi connectivity index (χ3n) is 9.41. The minimum Gasteiger partial charge on any atom is -0.496 e. The van der Waals surface area contributed by atoms with E-state index < -0.39 is 59.7 Å². The summed E-state index contributed by atoms with van der Waals surface area (Å²) in [5.41, 5.74) is 10.5. The highest BCUT2D eigenvalue weighted by atomic mass is 35.5. The molecular formula is C43H28Cl2F5N7O7S4. The van der Waals surface area contributed by atoms with Crippen molar-refractivity contribution in [1.29, 1.82) is 0 Å². The van der Waals surface area contributed by atoms with Gasteiger partial charge in [0, 0.05) is 44.3 Å². The number of rotatable bonds is 10. The zero-order chi connectivity index (χ0) is 48.9. The number of halogens is 7. The predicted molar refractivity (Wildman–Crippen MR) is 247 cm³/mol. The molecule has 68 heavy (non-hydrogen) atoms. The van der Waals surface area contributed by atoms with Crippen molar-refractivity contribution >= 4 is 92.5 Å². The summed E-state index contributed by atoms with van der Waals surface area (Å²) >= 11 is 14.8. The summed E-state index contributed by atoms with van der Waals surface area (Å²) < 4.78 is 134. The predicted octanol–water partition coefficient (Wildman–Crippen LogP) is 10.5. The van der Waals surface area contributed by atoms with Gasteiger partial charge in [-0.1, -0.05) is 46.7 Å². The first-order valence-electron chi connectivity index (χ1n) is 18.8. The molecule has 4 aromatic heterocycles. The van der Waals surface area contributed by atoms with Crippen molar-refractivity contribution in [2.75, 3.05) is 20.0 Å². The highest BCUT2D eigenvalue weighted by molar-refractivity contribution is 7.90. The van der Waals surface area contributed by atoms with Crippen LogP contribution in [0.3, 0.4) is 0 Å². The monoisotopic (exact) mass is 1050 g/mol. The van der Waals surface area contributed by atoms with Crippen LogP contribution in [0, 0.1) is 29.1 Å². The smallest absolute Gasteiger partial charge is 0.339 e. The molecule has 0 bridgehead atoms. The number of pyridine rings is 2. The van der Waals surface area contributed by atoms with Crippen LogP contribution >= 0.6 is 45.9 Å². The Labute approximate surface area is 400 Å². The lowest BCUT2D eigenvalue weighted by Crippen LogP contribution is -2.14. The van der Waals surface area contributed by atoms with Crippen LogP contribution in [-0.4, -0.2) is 61.4 Å². The normalized spacial score (nSPS) is 11.4. The summed E-state index contributed by atoms with van der Waals surface area (Å²) in [6.07, 6.45) is 3.01. The van der Waals surface area contributed by atoms with E-state index in [2.05, 4.69) is 34.5 Å². The van der Waals surface area contributed by atoms with Crippen molar-refractivity contribution in [1.82, 2.24) is 30.4 Å². The molecule has 0 aliphatic heterocycles. The number of anilines is 1. The number of sulfone groups is 1. The number of methoxy groups -OCH3 is 2. The SMILES string of the molecule is COc1ccc(Cl)cc1-c1nccc2cc(S(=O)(=O)Cc3nncs3)ccc12.COc1ccc(Cl)cc1-c1nccc2cc(S(=O)(=O)Oc3c(F)c(F)c(F)c(F)c3F)ccc12.Nc1nncs1. The van der Waals surface area contributed by atoms with Crippen LogP contribution in [0.15, 0.2) is 118 Å². The van der Waals surface area contributed by atoms with Crippen molar-refractivity contribution in [2.24, 2.45) is 0 Å². The molecular weight excluding hydrogens is 1020 g/mol. The van der Waals surface area contributed by atoms with Crippen molar-refractivity contribution in [2.45, 2.75) is 15.5 Å². The number of nitrogens with zero attached hydrogens (tertiary/aromatic N) is 6. The van der Waals surface area contributed by atoms with E-state index >= 15 is 0 Å². The van der Waals surface area contributed by atoms with Gasteiger partial charge < -0.3 is 19.4 Å². The quantitative estimate of drug-likeness (QED) is 0.0587. The fraction of sp³-hybridized carbons (Fsp3) is 0.0698. The van der Waals surface area contributed by atoms with Gasteiger partial charge in [0.1, 0.15) is 38.2 Å². The van der Waals surface area contributed by atoms with Crippen LogP contribution in [0.25, 0.3) is 44.1 Å². The van der Waals surface area contributed by atoms with Gasteiger partial charge in [-0.3, -0.25) is 9.97 Å². The summed E-state index contributed by atoms with van der Waals surface area (Å²) in [4.78, 5) is 8.40. The Morgan fingerprint density at radius 2 is 1.09 bits per heavy atom. The van der Waals surface area contributed by atoms with Crippen molar-refractivity contribution in [3.63, 3.8) is 0 Å². The molecule has 350 valence electrons. The van der Waals surface area contributed by atoms with Gasteiger partial charge in [-0.25, -0.2) is 21.6 Å². The average Bonchev–Trinajstić information content (AvgIpc) is 4.05. The fourth-order valence-electron chi connectivity index (χ4n) is 6.32. The molecule has 4 heterocycles. The first kappa shape index (κ1) is 49.3. The van der Waals surface area contributed by atoms with E-state index in [4.69, 9.17) is 38.4 Å². The van der Waals surface area contributed by atoms with Crippen LogP contribution in [0.4, 0.5) is 27.1 Å². The standard InChI is InChI=1S/C22H11ClF5NO4S.C19H14ClN3O3S2.C2H3N3S/c1-32-15-5-2-11(23)9-14(15)21-13-4-3-12(8-10(13)6-7-29-21)34(30,31)33-22-19(27)17(25)16(24)18(26)20(22)28;1-26-17-5-2-13(20)9-16(17)19-15-4-3-14(8-12(15)6-7-21-19)28(24,25)10-18-23-22-11-27-18;3-2-5-4-1-6-2/h2-9H,1H3;2-9,11H,10H2,1H3;1H,(H2,3,5). The number of hydrogen-bond donors (Lipinski definition) is 1. The Bertz CT molecular complexity index is 3520. The highest BCUT2D eigenvalue weighted by Gasteiger charge is 2.31. The number of hydrogen-bond acceptors (Lipinski definition) is 16. The molecule has 0 fully saturated rings. The van der Waals surface area contributed by atoms with Gasteiger partial charge in [0.05, 0.1) is 30.5 Å². The highest BCUT2D eigenvalue weighted by Crippen LogP contribution is 2.38. The minimum atomic E-state index is -5.00. The third kappa shape index (κ3) is 10.7. The number of nitrogens with two attached hydrogens (primary N) is 1. The maximum Gasteiger partial charge on any atom is 0.339 e. The molecule has 0 saturated heterocycles. The largest absolute Gasteiger partial charge is 0.496 e. The summed E-state index contributed by atoms with van der Waals surface area (Å²) in [6, 6.07) is 21.8. The van der Waals surface area contributed by atoms with Crippen LogP contribution < -0.4 is 19.4 Å². The van der Waals surface area contributed by atoms with E-state index in [0.29, 0.717) is 59.4 Å². The van der Waals surface area contributed by atoms with E-state index in [1.54, 1.807) is 79.5 Å². The first-order valence-corrected chi connectivity index (χ1v) is 24.4. The van der Waals surface area contributed by atoms with Crippen LogP contribution in [0.1, 0.15) is 5.01 Å². The Hall–Kier alpha value is -6.63. The van der Waals surface area contributed by atoms with Crippen molar-refractivity contribution < 1.29 is 52.4 Å². The topological polar surface area (TPSA) is 199 Å². The van der Waals surface area contributed by atoms with E-state index in [-0.39, 0.29) is 10.6 Å². The second-order valence-corrected chi connectivity index (χ2v) is 19.8. The van der Waals surface area contributed by atoms with Gasteiger partial charge in [-0.05, 0) is 83.6 Å². The Kier molecular flexibility index (Phi) is 15.0. The number of nitrogen functional groups attached to an aromatic ring is 1. The van der Waals surface area contributed by atoms with Crippen LogP contribution in [0.2, 0.25) is 10.0 Å². The number of ether oxygens (including phenoxy) is 2. The molecule has 0 saturated carbocycles. The average molecular weight is 1050 g/mol. The number of benzene rings is 5. The van der Waals surface area contributed by atoms with Gasteiger partial charge in [0.15, 0.2) is 9.84 Å². The zero-order valence-corrected chi connectivity index (χ0v) is 39.3. The molecule has 0 unspecified atom stereocenters. The third-order valence-corrected chi connectivity index (χ3v) is 14.1. The number of fused-ring (bicyclic) bond motifs is 2. The fourth-order valence-corrected chi connectivity index (χ4v) is 10.1. The zero-order valence-electron chi connectivity index (χ0n) is 34.5. The van der Waals surface area contributed by atoms with Gasteiger partial charge in [0.2, 0.25) is 40.0 Å². The van der Waals surface area contributed by atoms with Crippen LogP contribution in [0.5, 0.6) is 17.2 Å². The van der Waals surface area contributed by atoms with Gasteiger partial charge >= 0.3 is 10.1 Å². The molecule has 0 amide bonds. The molecule has 0 radical (unpaired) electrons. The minimum absolute atomic E-state index is 0.177. The lowest BCUT2D eigenvalue weighted by atomic mass is 10.0. The molecule has 0 atom stereocenters. The molecule has 5 aromatic carbocycles. The van der Waals surface area contributed by atoms with E-state index in [9.17, 15) is 38.8 Å². The molecule has 14 nitrogen and oxygen atoms in total. The van der Waals surface area contributed by atoms with Gasteiger partial charge in [-0.15, -0.1) is 31.7 Å². The molecule has 9 aromatic rings. The molecule has 0 aliphatic carbocycles. The summed E-state index contributed by atoms with van der Waals surface area (Å²) in [6.45, 7) is 0. The molecule has 25 heteroatoms. The van der Waals surface area contributed by atoms with Crippen molar-refractivity contribution in [3.8, 4) is 39.8 Å². The Morgan fingerprint density at radius 1 is 0.603 bits per heavy atom. The lowest BCUT2D eigenvalue weighted by Gasteiger charge is -2.13. The second kappa shape index (κ2) is 20.7. The number of aromatic nitrogens is 6. The van der Waals surface area contributed by atoms with E-state index in [0.717, 1.165) is 28.5 Å².